The molecule has 1 aromatic carbocycles. The third-order valence-corrected chi connectivity index (χ3v) is 3.17. The molecule has 0 radical (unpaired) electrons. The van der Waals surface area contributed by atoms with Gasteiger partial charge in [-0.1, -0.05) is 24.0 Å². The fourth-order valence-corrected chi connectivity index (χ4v) is 1.99. The predicted molar refractivity (Wildman–Crippen MR) is 70.8 cm³/mol. The van der Waals surface area contributed by atoms with Gasteiger partial charge < -0.3 is 24.9 Å². The Labute approximate surface area is 116 Å². The van der Waals surface area contributed by atoms with Crippen LogP contribution in [0, 0.1) is 11.8 Å². The van der Waals surface area contributed by atoms with Crippen molar-refractivity contribution in [3.8, 4) is 11.8 Å². The van der Waals surface area contributed by atoms with Gasteiger partial charge in [-0.3, -0.25) is 0 Å². The van der Waals surface area contributed by atoms with Crippen LogP contribution in [0.5, 0.6) is 0 Å². The van der Waals surface area contributed by atoms with Crippen molar-refractivity contribution in [2.75, 3.05) is 6.61 Å². The van der Waals surface area contributed by atoms with E-state index in [1.807, 2.05) is 0 Å². The van der Waals surface area contributed by atoms with Crippen LogP contribution in [0.2, 0.25) is 0 Å². The van der Waals surface area contributed by atoms with E-state index >= 15 is 0 Å². The van der Waals surface area contributed by atoms with E-state index in [-0.39, 0.29) is 6.61 Å². The van der Waals surface area contributed by atoms with Gasteiger partial charge >= 0.3 is 0 Å². The van der Waals surface area contributed by atoms with Gasteiger partial charge in [0.1, 0.15) is 30.7 Å². The largest absolute Gasteiger partial charge is 0.394 e. The molecule has 0 bridgehead atoms. The second-order valence-electron chi connectivity index (χ2n) is 4.60. The minimum Gasteiger partial charge on any atom is -0.394 e. The van der Waals surface area contributed by atoms with E-state index in [2.05, 4.69) is 11.8 Å². The maximum absolute atomic E-state index is 10.4. The van der Waals surface area contributed by atoms with Gasteiger partial charge in [0.05, 0.1) is 6.61 Å². The molecule has 1 saturated heterocycles. The Hall–Kier alpha value is -1.71. The van der Waals surface area contributed by atoms with Crippen LogP contribution in [0.15, 0.2) is 24.3 Å². The average molecular weight is 276 g/mol. The lowest BCUT2D eigenvalue weighted by Gasteiger charge is -2.09. The first-order chi connectivity index (χ1) is 9.65. The van der Waals surface area contributed by atoms with Crippen molar-refractivity contribution in [2.45, 2.75) is 30.8 Å². The summed E-state index contributed by atoms with van der Waals surface area (Å²) in [6.07, 6.45) is -2.69. The van der Waals surface area contributed by atoms with Crippen molar-refractivity contribution in [1.29, 1.82) is 0 Å². The van der Waals surface area contributed by atoms with Crippen LogP contribution in [-0.4, -0.2) is 52.6 Å². The van der Waals surface area contributed by atoms with Crippen LogP contribution >= 0.6 is 0 Å². The number of aldehydes is 1. The smallest absolute Gasteiger partial charge is 0.147 e. The minimum absolute atomic E-state index is 0.364. The van der Waals surface area contributed by atoms with Gasteiger partial charge in [0.25, 0.3) is 0 Å². The molecule has 3 N–H and O–H groups in total. The zero-order valence-corrected chi connectivity index (χ0v) is 10.8. The molecule has 1 aliphatic rings. The predicted octanol–water partition coefficient (Wildman–Crippen LogP) is -0.739. The first kappa shape index (κ1) is 14.7. The van der Waals surface area contributed by atoms with Crippen molar-refractivity contribution in [1.82, 2.24) is 0 Å². The summed E-state index contributed by atoms with van der Waals surface area (Å²) in [6.45, 7) is -0.364. The number of carbonyl (C=O) groups excluding carboxylic acids is 1. The van der Waals surface area contributed by atoms with Gasteiger partial charge in [0, 0.05) is 12.0 Å². The van der Waals surface area contributed by atoms with Gasteiger partial charge in [-0.2, -0.15) is 0 Å². The highest BCUT2D eigenvalue weighted by atomic mass is 16.6. The monoisotopic (exact) mass is 276 g/mol. The SMILES string of the molecule is O=CCc1ccc(C#C[C@H]2O[C@H](CO)C(O)[C@H]2O)cc1. The van der Waals surface area contributed by atoms with Crippen LogP contribution in [0.1, 0.15) is 11.1 Å². The van der Waals surface area contributed by atoms with E-state index in [0.717, 1.165) is 17.4 Å². The lowest BCUT2D eigenvalue weighted by atomic mass is 10.1. The summed E-state index contributed by atoms with van der Waals surface area (Å²) in [4.78, 5) is 10.4. The molecular weight excluding hydrogens is 260 g/mol. The van der Waals surface area contributed by atoms with Gasteiger partial charge in [0.2, 0.25) is 0 Å². The summed E-state index contributed by atoms with van der Waals surface area (Å²) in [7, 11) is 0. The third kappa shape index (κ3) is 3.24. The first-order valence-electron chi connectivity index (χ1n) is 6.32. The Bertz CT molecular complexity index is 513. The first-order valence-corrected chi connectivity index (χ1v) is 6.32. The molecule has 1 fully saturated rings. The van der Waals surface area contributed by atoms with Crippen molar-refractivity contribution < 1.29 is 24.9 Å². The number of benzene rings is 1. The Morgan fingerprint density at radius 1 is 1.20 bits per heavy atom. The van der Waals surface area contributed by atoms with Crippen LogP contribution in [0.4, 0.5) is 0 Å². The fraction of sp³-hybridized carbons (Fsp3) is 0.400. The van der Waals surface area contributed by atoms with E-state index in [4.69, 9.17) is 9.84 Å². The molecule has 2 rings (SSSR count). The second-order valence-corrected chi connectivity index (χ2v) is 4.60. The number of hydrogen-bond donors (Lipinski definition) is 3. The van der Waals surface area contributed by atoms with Crippen LogP contribution in [-0.2, 0) is 16.0 Å². The summed E-state index contributed by atoms with van der Waals surface area (Å²) in [5.74, 6) is 5.57. The molecule has 0 saturated carbocycles. The summed E-state index contributed by atoms with van der Waals surface area (Å²) in [5.41, 5.74) is 1.62. The number of rotatable bonds is 3. The molecule has 106 valence electrons. The van der Waals surface area contributed by atoms with Crippen molar-refractivity contribution in [2.24, 2.45) is 0 Å². The highest BCUT2D eigenvalue weighted by Gasteiger charge is 2.41. The highest BCUT2D eigenvalue weighted by Crippen LogP contribution is 2.20. The minimum atomic E-state index is -1.13. The quantitative estimate of drug-likeness (QED) is 0.500. The normalized spacial score (nSPS) is 28.8. The molecule has 1 aromatic rings. The maximum atomic E-state index is 10.4. The van der Waals surface area contributed by atoms with Gasteiger partial charge in [-0.15, -0.1) is 0 Å². The molecule has 0 amide bonds. The molecule has 5 heteroatoms. The summed E-state index contributed by atoms with van der Waals surface area (Å²) in [5, 5.41) is 28.3. The number of aliphatic hydroxyl groups is 3. The summed E-state index contributed by atoms with van der Waals surface area (Å²) < 4.78 is 5.25. The zero-order chi connectivity index (χ0) is 14.5. The molecule has 1 unspecified atom stereocenters. The average Bonchev–Trinajstić information content (AvgIpc) is 2.74. The van der Waals surface area contributed by atoms with Gasteiger partial charge in [-0.25, -0.2) is 0 Å². The molecule has 5 nitrogen and oxygen atoms in total. The van der Waals surface area contributed by atoms with E-state index in [9.17, 15) is 15.0 Å². The summed E-state index contributed by atoms with van der Waals surface area (Å²) in [6, 6.07) is 7.14. The molecule has 0 spiro atoms. The molecule has 1 aliphatic heterocycles. The van der Waals surface area contributed by atoms with Crippen LogP contribution in [0.3, 0.4) is 0 Å². The standard InChI is InChI=1S/C15H16O5/c16-8-7-11-3-1-10(2-4-11)5-6-12-14(18)15(19)13(9-17)20-12/h1-4,8,12-15,17-19H,7,9H2/t12-,13-,14+,15?/m1/s1. The Balaban J connectivity index is 2.05. The lowest BCUT2D eigenvalue weighted by Crippen LogP contribution is -2.33. The number of aliphatic hydroxyl groups excluding tert-OH is 3. The second kappa shape index (κ2) is 6.64. The molecule has 4 atom stereocenters. The number of hydrogen-bond acceptors (Lipinski definition) is 5. The molecule has 0 aromatic heterocycles. The van der Waals surface area contributed by atoms with E-state index < -0.39 is 24.4 Å². The number of ether oxygens (including phenoxy) is 1. The van der Waals surface area contributed by atoms with Gasteiger partial charge in [-0.05, 0) is 17.7 Å². The van der Waals surface area contributed by atoms with Crippen LogP contribution in [0.25, 0.3) is 0 Å². The Morgan fingerprint density at radius 2 is 1.90 bits per heavy atom. The van der Waals surface area contributed by atoms with Gasteiger partial charge in [0.15, 0.2) is 0 Å². The van der Waals surface area contributed by atoms with E-state index in [1.54, 1.807) is 24.3 Å². The molecule has 1 heterocycles. The topological polar surface area (TPSA) is 87.0 Å². The van der Waals surface area contributed by atoms with E-state index in [1.165, 1.54) is 0 Å². The lowest BCUT2D eigenvalue weighted by molar-refractivity contribution is -0.107. The van der Waals surface area contributed by atoms with Crippen LogP contribution < -0.4 is 0 Å². The van der Waals surface area contributed by atoms with Crippen molar-refractivity contribution in [3.05, 3.63) is 35.4 Å². The maximum Gasteiger partial charge on any atom is 0.147 e. The molecular formula is C15H16O5. The molecule has 0 aliphatic carbocycles. The Morgan fingerprint density at radius 3 is 2.45 bits per heavy atom. The van der Waals surface area contributed by atoms with Crippen molar-refractivity contribution in [3.63, 3.8) is 0 Å². The zero-order valence-electron chi connectivity index (χ0n) is 10.8. The third-order valence-electron chi connectivity index (χ3n) is 3.17. The summed E-state index contributed by atoms with van der Waals surface area (Å²) >= 11 is 0. The Kier molecular flexibility index (Phi) is 4.88. The molecule has 20 heavy (non-hydrogen) atoms. The van der Waals surface area contributed by atoms with Crippen molar-refractivity contribution >= 4 is 6.29 Å². The van der Waals surface area contributed by atoms with E-state index in [0.29, 0.717) is 6.42 Å². The highest BCUT2D eigenvalue weighted by molar-refractivity contribution is 5.55. The fourth-order valence-electron chi connectivity index (χ4n) is 1.99. The number of carbonyl (C=O) groups is 1.